The molecule has 0 aromatic heterocycles. The quantitative estimate of drug-likeness (QED) is 0.131. The Kier molecular flexibility index (Phi) is 15.6. The Morgan fingerprint density at radius 1 is 0.569 bits per heavy atom. The molecular weight excluding hydrogens is 823 g/mol. The Morgan fingerprint density at radius 2 is 1.03 bits per heavy atom. The van der Waals surface area contributed by atoms with Gasteiger partial charge in [-0.15, -0.1) is 24.8 Å². The van der Waals surface area contributed by atoms with Crippen molar-refractivity contribution in [1.82, 2.24) is 0 Å². The standard InChI is InChI=1S/C29H41.C21H26.C5H5.2ClH.Zr/c1-26(2,3)22-14-18-13-19-15-23(27(4,5)6)25(29(10,11)12)17-21(19)20(18)16-24(22)28(7,8)9;1-3-5-7-18-9-13-20(14-10-18)17-21-15-11-19(12-16-21)8-6-4-2;1-2-4-5-3-1;;;/h14,16-17H,13H2,1-12H3;9-16H,3-8H2,1-2H3;1-3H,4H2;2*1H;. The third-order valence-corrected chi connectivity index (χ3v) is 19.9. The van der Waals surface area contributed by atoms with Crippen LogP contribution in [0.15, 0.2) is 88.2 Å². The molecule has 0 N–H and O–H groups in total. The van der Waals surface area contributed by atoms with Gasteiger partial charge in [-0.25, -0.2) is 0 Å². The maximum Gasteiger partial charge on any atom is -0.147 e. The van der Waals surface area contributed by atoms with E-state index in [2.05, 4.69) is 182 Å². The number of allylic oxidation sites excluding steroid dienone is 4. The molecule has 58 heavy (non-hydrogen) atoms. The molecule has 3 heteroatoms. The molecule has 0 radical (unpaired) electrons. The Bertz CT molecular complexity index is 2110. The van der Waals surface area contributed by atoms with Crippen molar-refractivity contribution in [1.29, 1.82) is 0 Å². The molecule has 0 aliphatic heterocycles. The van der Waals surface area contributed by atoms with Crippen LogP contribution in [0.5, 0.6) is 0 Å². The average Bonchev–Trinajstić information content (AvgIpc) is 3.78. The second kappa shape index (κ2) is 18.8. The van der Waals surface area contributed by atoms with Crippen LogP contribution in [-0.4, -0.2) is 3.21 Å². The summed E-state index contributed by atoms with van der Waals surface area (Å²) in [6.07, 6.45) is 16.7. The minimum absolute atomic E-state index is 0. The van der Waals surface area contributed by atoms with E-state index in [1.807, 2.05) is 0 Å². The predicted octanol–water partition coefficient (Wildman–Crippen LogP) is 15.3. The summed E-state index contributed by atoms with van der Waals surface area (Å²) in [6, 6.07) is 27.7. The largest absolute Gasteiger partial charge is 0.147 e. The molecule has 2 aliphatic rings. The van der Waals surface area contributed by atoms with Crippen molar-refractivity contribution in [3.05, 3.63) is 144 Å². The molecule has 0 saturated carbocycles. The average molecular weight is 897 g/mol. The van der Waals surface area contributed by atoms with Crippen molar-refractivity contribution >= 4 is 31.3 Å². The summed E-state index contributed by atoms with van der Waals surface area (Å²) >= 11 is -2.99. The van der Waals surface area contributed by atoms with Gasteiger partial charge in [0, 0.05) is 0 Å². The van der Waals surface area contributed by atoms with Crippen molar-refractivity contribution in [2.45, 2.75) is 170 Å². The van der Waals surface area contributed by atoms with Gasteiger partial charge < -0.3 is 0 Å². The predicted molar refractivity (Wildman–Crippen MR) is 259 cm³/mol. The van der Waals surface area contributed by atoms with E-state index < -0.39 is 21.3 Å². The topological polar surface area (TPSA) is 0 Å². The number of benzene rings is 4. The summed E-state index contributed by atoms with van der Waals surface area (Å²) in [7, 11) is 0. The summed E-state index contributed by atoms with van der Waals surface area (Å²) in [6.45, 7) is 33.9. The SMILES string of the molecule is CCCCc1ccc([C](c2ccc(CCCC)cc2)=[Zr]([C]2=CC=CC2)[c]2c3c(cc(C(C)(C)C)c2C(C)(C)C)-c2cc(C(C)(C)C)c(C(C)(C)C)cc2C3)cc1.Cl.Cl. The van der Waals surface area contributed by atoms with Crippen LogP contribution in [0.1, 0.15) is 185 Å². The van der Waals surface area contributed by atoms with Crippen LogP contribution in [0.3, 0.4) is 0 Å². The summed E-state index contributed by atoms with van der Waals surface area (Å²) in [5, 5.41) is 0. The first kappa shape index (κ1) is 48.4. The van der Waals surface area contributed by atoms with Gasteiger partial charge >= 0.3 is 353 Å². The monoisotopic (exact) mass is 894 g/mol. The van der Waals surface area contributed by atoms with E-state index in [1.54, 1.807) is 20.9 Å². The molecule has 0 saturated heterocycles. The first-order valence-corrected chi connectivity index (χ1v) is 25.6. The number of halogens is 2. The molecule has 0 amide bonds. The van der Waals surface area contributed by atoms with Gasteiger partial charge in [0.2, 0.25) is 0 Å². The number of unbranched alkanes of at least 4 members (excludes halogenated alkanes) is 2. The van der Waals surface area contributed by atoms with Crippen LogP contribution in [0.25, 0.3) is 11.1 Å². The van der Waals surface area contributed by atoms with Crippen LogP contribution in [0.4, 0.5) is 0 Å². The van der Waals surface area contributed by atoms with Gasteiger partial charge in [-0.05, 0) is 0 Å². The third-order valence-electron chi connectivity index (χ3n) is 12.2. The van der Waals surface area contributed by atoms with Crippen molar-refractivity contribution in [2.75, 3.05) is 0 Å². The molecule has 4 aromatic rings. The number of aryl methyl sites for hydroxylation is 2. The van der Waals surface area contributed by atoms with E-state index in [0.29, 0.717) is 0 Å². The second-order valence-electron chi connectivity index (χ2n) is 21.1. The van der Waals surface area contributed by atoms with Crippen LogP contribution >= 0.6 is 24.8 Å². The Balaban J connectivity index is 0.00000372. The van der Waals surface area contributed by atoms with Crippen LogP contribution < -0.4 is 3.27 Å². The third kappa shape index (κ3) is 10.2. The number of hydrogen-bond acceptors (Lipinski definition) is 0. The normalized spacial score (nSPS) is 13.7. The van der Waals surface area contributed by atoms with E-state index in [-0.39, 0.29) is 46.5 Å². The molecule has 312 valence electrons. The van der Waals surface area contributed by atoms with Gasteiger partial charge in [0.1, 0.15) is 0 Å². The minimum atomic E-state index is -2.99. The summed E-state index contributed by atoms with van der Waals surface area (Å²) in [4.78, 5) is 0. The molecule has 0 atom stereocenters. The first-order chi connectivity index (χ1) is 26.2. The fraction of sp³-hybridized carbons (Fsp3) is 0.473. The van der Waals surface area contributed by atoms with E-state index in [1.165, 1.54) is 81.3 Å². The summed E-state index contributed by atoms with van der Waals surface area (Å²) in [5.41, 5.74) is 18.2. The van der Waals surface area contributed by atoms with E-state index in [4.69, 9.17) is 0 Å². The molecular formula is C55H74Cl2Zr. The Labute approximate surface area is 374 Å². The molecule has 2 aliphatic carbocycles. The van der Waals surface area contributed by atoms with Gasteiger partial charge in [-0.3, -0.25) is 0 Å². The van der Waals surface area contributed by atoms with Gasteiger partial charge in [0.05, 0.1) is 0 Å². The van der Waals surface area contributed by atoms with Crippen molar-refractivity contribution in [3.8, 4) is 11.1 Å². The van der Waals surface area contributed by atoms with E-state index >= 15 is 0 Å². The van der Waals surface area contributed by atoms with E-state index in [9.17, 15) is 0 Å². The van der Waals surface area contributed by atoms with E-state index in [0.717, 1.165) is 25.7 Å². The van der Waals surface area contributed by atoms with Crippen molar-refractivity contribution in [2.24, 2.45) is 0 Å². The number of rotatable bonds is 10. The number of fused-ring (bicyclic) bond motifs is 3. The summed E-state index contributed by atoms with van der Waals surface area (Å²) < 4.78 is 5.10. The molecule has 4 aromatic carbocycles. The zero-order valence-corrected chi connectivity index (χ0v) is 42.6. The van der Waals surface area contributed by atoms with Gasteiger partial charge in [0.15, 0.2) is 0 Å². The fourth-order valence-corrected chi connectivity index (χ4v) is 18.3. The molecule has 0 heterocycles. The van der Waals surface area contributed by atoms with Crippen molar-refractivity contribution in [3.63, 3.8) is 0 Å². The zero-order chi connectivity index (χ0) is 40.8. The Hall–Kier alpha value is -2.31. The maximum atomic E-state index is 2.67. The molecule has 0 nitrogen and oxygen atoms in total. The van der Waals surface area contributed by atoms with Crippen molar-refractivity contribution < 1.29 is 21.3 Å². The molecule has 0 bridgehead atoms. The Morgan fingerprint density at radius 3 is 1.45 bits per heavy atom. The van der Waals surface area contributed by atoms with Crippen LogP contribution in [0, 0.1) is 0 Å². The smallest absolute Gasteiger partial charge is 0.147 e. The number of hydrogen-bond donors (Lipinski definition) is 0. The van der Waals surface area contributed by atoms with Gasteiger partial charge in [-0.1, -0.05) is 0 Å². The van der Waals surface area contributed by atoms with Crippen LogP contribution in [0.2, 0.25) is 0 Å². The molecule has 0 spiro atoms. The summed E-state index contributed by atoms with van der Waals surface area (Å²) in [5.74, 6) is 0. The molecule has 0 fully saturated rings. The van der Waals surface area contributed by atoms with Crippen LogP contribution in [-0.2, 0) is 62.2 Å². The van der Waals surface area contributed by atoms with Gasteiger partial charge in [-0.2, -0.15) is 0 Å². The first-order valence-electron chi connectivity index (χ1n) is 21.9. The van der Waals surface area contributed by atoms with Gasteiger partial charge in [0.25, 0.3) is 0 Å². The second-order valence-corrected chi connectivity index (χ2v) is 27.0. The minimum Gasteiger partial charge on any atom is -0.147 e. The molecule has 6 rings (SSSR count). The molecule has 0 unspecified atom stereocenters. The fourth-order valence-electron chi connectivity index (χ4n) is 9.24. The zero-order valence-electron chi connectivity index (χ0n) is 38.6. The maximum absolute atomic E-state index is 2.99.